The largest absolute Gasteiger partial charge is 0.478 e. The van der Waals surface area contributed by atoms with Gasteiger partial charge in [-0.15, -0.1) is 0 Å². The lowest BCUT2D eigenvalue weighted by Gasteiger charge is -2.28. The summed E-state index contributed by atoms with van der Waals surface area (Å²) in [6.45, 7) is 5.49. The number of aryl methyl sites for hydroxylation is 2. The van der Waals surface area contributed by atoms with Gasteiger partial charge in [-0.05, 0) is 79.4 Å². The molecule has 2 N–H and O–H groups in total. The second-order valence-corrected chi connectivity index (χ2v) is 10.3. The fourth-order valence-electron chi connectivity index (χ4n) is 4.74. The topological polar surface area (TPSA) is 138 Å². The van der Waals surface area contributed by atoms with Crippen LogP contribution in [0.2, 0.25) is 0 Å². The lowest BCUT2D eigenvalue weighted by atomic mass is 9.76. The number of rotatable bonds is 12. The van der Waals surface area contributed by atoms with Crippen LogP contribution in [-0.2, 0) is 37.9 Å². The third-order valence-corrected chi connectivity index (χ3v) is 7.24. The highest BCUT2D eigenvalue weighted by atomic mass is 17.2. The summed E-state index contributed by atoms with van der Waals surface area (Å²) in [5, 5.41) is 18.3. The van der Waals surface area contributed by atoms with Crippen LogP contribution in [0.25, 0.3) is 0 Å². The average molecular weight is 601 g/mol. The molecule has 0 aromatic heterocycles. The van der Waals surface area contributed by atoms with Crippen LogP contribution < -0.4 is 9.62 Å². The maximum absolute atomic E-state index is 13.1. The van der Waals surface area contributed by atoms with Crippen molar-refractivity contribution in [3.05, 3.63) is 129 Å². The first-order valence-electron chi connectivity index (χ1n) is 13.6. The monoisotopic (exact) mass is 600 g/mol. The van der Waals surface area contributed by atoms with Crippen molar-refractivity contribution in [2.24, 2.45) is 0 Å². The fourth-order valence-corrected chi connectivity index (χ4v) is 4.74. The van der Waals surface area contributed by atoms with Crippen molar-refractivity contribution >= 4 is 17.9 Å². The highest BCUT2D eigenvalue weighted by Gasteiger charge is 2.38. The number of hydrogen-bond acceptors (Lipinski definition) is 9. The molecule has 0 saturated heterocycles. The van der Waals surface area contributed by atoms with Gasteiger partial charge < -0.3 is 19.5 Å². The summed E-state index contributed by atoms with van der Waals surface area (Å²) in [6.07, 6.45) is 0. The van der Waals surface area contributed by atoms with Gasteiger partial charge in [0.2, 0.25) is 0 Å². The van der Waals surface area contributed by atoms with Gasteiger partial charge in [-0.2, -0.15) is 4.89 Å². The van der Waals surface area contributed by atoms with E-state index < -0.39 is 23.3 Å². The molecule has 44 heavy (non-hydrogen) atoms. The third-order valence-electron chi connectivity index (χ3n) is 7.24. The summed E-state index contributed by atoms with van der Waals surface area (Å²) < 4.78 is 10.6. The number of benzene rings is 4. The van der Waals surface area contributed by atoms with E-state index in [1.165, 1.54) is 31.4 Å². The molecule has 0 saturated carbocycles. The normalized spacial score (nSPS) is 12.2. The zero-order chi connectivity index (χ0) is 31.9. The van der Waals surface area contributed by atoms with Crippen LogP contribution in [0.1, 0.15) is 61.0 Å². The number of methoxy groups -OCH3 is 1. The predicted octanol–water partition coefficient (Wildman–Crippen LogP) is 6.20. The highest BCUT2D eigenvalue weighted by molar-refractivity contribution is 6.03. The van der Waals surface area contributed by atoms with Gasteiger partial charge in [-0.1, -0.05) is 59.7 Å². The molecular weight excluding hydrogens is 568 g/mol. The minimum Gasteiger partial charge on any atom is -0.478 e. The SMILES string of the molecule is COC(=O)C(C)(c1ccc(OOCc2ccc(C)cc2COO)cc1)c1ccc(OC(=O)c2ccc(C)cc2C(=O)O)cc1. The molecule has 228 valence electrons. The van der Waals surface area contributed by atoms with Gasteiger partial charge in [-0.25, -0.2) is 14.5 Å². The van der Waals surface area contributed by atoms with E-state index in [0.717, 1.165) is 16.7 Å². The van der Waals surface area contributed by atoms with Crippen molar-refractivity contribution in [3.8, 4) is 11.5 Å². The Balaban J connectivity index is 1.48. The second kappa shape index (κ2) is 14.0. The quantitative estimate of drug-likeness (QED) is 0.0837. The Kier molecular flexibility index (Phi) is 10.1. The number of carbonyl (C=O) groups excluding carboxylic acids is 2. The van der Waals surface area contributed by atoms with Gasteiger partial charge in [0.05, 0.1) is 18.2 Å². The van der Waals surface area contributed by atoms with Crippen LogP contribution in [0.3, 0.4) is 0 Å². The van der Waals surface area contributed by atoms with Crippen LogP contribution >= 0.6 is 0 Å². The summed E-state index contributed by atoms with van der Waals surface area (Å²) in [7, 11) is 1.30. The van der Waals surface area contributed by atoms with Gasteiger partial charge in [-0.3, -0.25) is 10.1 Å². The summed E-state index contributed by atoms with van der Waals surface area (Å²) in [4.78, 5) is 52.6. The molecule has 0 amide bonds. The molecule has 0 radical (unpaired) electrons. The van der Waals surface area contributed by atoms with Crippen LogP contribution in [0.15, 0.2) is 84.9 Å². The molecular formula is C34H32O10. The fraction of sp³-hybridized carbons (Fsp3) is 0.206. The molecule has 0 aliphatic rings. The number of ether oxygens (including phenoxy) is 2. The second-order valence-electron chi connectivity index (χ2n) is 10.3. The van der Waals surface area contributed by atoms with Crippen molar-refractivity contribution < 1.29 is 48.9 Å². The molecule has 10 heteroatoms. The zero-order valence-electron chi connectivity index (χ0n) is 24.7. The molecule has 1 unspecified atom stereocenters. The van der Waals surface area contributed by atoms with E-state index in [9.17, 15) is 19.5 Å². The average Bonchev–Trinajstić information content (AvgIpc) is 3.02. The Morgan fingerprint density at radius 2 is 1.32 bits per heavy atom. The number of carboxylic acids is 1. The van der Waals surface area contributed by atoms with E-state index in [-0.39, 0.29) is 30.1 Å². The first-order valence-corrected chi connectivity index (χ1v) is 13.6. The van der Waals surface area contributed by atoms with E-state index in [0.29, 0.717) is 22.4 Å². The first-order chi connectivity index (χ1) is 21.1. The van der Waals surface area contributed by atoms with Crippen molar-refractivity contribution in [2.75, 3.05) is 7.11 Å². The number of carboxylic acid groups (broad SMARTS) is 1. The van der Waals surface area contributed by atoms with Crippen LogP contribution in [0, 0.1) is 13.8 Å². The van der Waals surface area contributed by atoms with Crippen molar-refractivity contribution in [1.29, 1.82) is 0 Å². The predicted molar refractivity (Wildman–Crippen MR) is 158 cm³/mol. The van der Waals surface area contributed by atoms with E-state index >= 15 is 0 Å². The molecule has 1 atom stereocenters. The van der Waals surface area contributed by atoms with Crippen molar-refractivity contribution in [1.82, 2.24) is 0 Å². The maximum atomic E-state index is 13.1. The lowest BCUT2D eigenvalue weighted by Crippen LogP contribution is -2.35. The molecule has 10 nitrogen and oxygen atoms in total. The van der Waals surface area contributed by atoms with Gasteiger partial charge in [0, 0.05) is 0 Å². The van der Waals surface area contributed by atoms with Crippen molar-refractivity contribution in [2.45, 2.75) is 39.4 Å². The Labute approximate surface area is 254 Å². The Morgan fingerprint density at radius 1 is 0.727 bits per heavy atom. The van der Waals surface area contributed by atoms with Crippen LogP contribution in [-0.4, -0.2) is 35.4 Å². The van der Waals surface area contributed by atoms with Gasteiger partial charge >= 0.3 is 17.9 Å². The molecule has 0 heterocycles. The number of esters is 2. The molecule has 4 aromatic carbocycles. The summed E-state index contributed by atoms with van der Waals surface area (Å²) in [5.41, 5.74) is 2.97. The smallest absolute Gasteiger partial charge is 0.344 e. The first kappa shape index (κ1) is 31.9. The number of aromatic carboxylic acids is 1. The molecule has 0 bridgehead atoms. The van der Waals surface area contributed by atoms with Gasteiger partial charge in [0.1, 0.15) is 24.4 Å². The highest BCUT2D eigenvalue weighted by Crippen LogP contribution is 2.35. The van der Waals surface area contributed by atoms with Crippen molar-refractivity contribution in [3.63, 3.8) is 0 Å². The van der Waals surface area contributed by atoms with Crippen LogP contribution in [0.4, 0.5) is 0 Å². The molecule has 0 aliphatic heterocycles. The molecule has 4 aromatic rings. The Bertz CT molecular complexity index is 1640. The van der Waals surface area contributed by atoms with Gasteiger partial charge in [0.25, 0.3) is 0 Å². The molecule has 0 aliphatic carbocycles. The lowest BCUT2D eigenvalue weighted by molar-refractivity contribution is -0.253. The maximum Gasteiger partial charge on any atom is 0.344 e. The minimum atomic E-state index is -1.23. The zero-order valence-corrected chi connectivity index (χ0v) is 24.7. The van der Waals surface area contributed by atoms with E-state index in [4.69, 9.17) is 24.5 Å². The van der Waals surface area contributed by atoms with E-state index in [1.54, 1.807) is 56.3 Å². The van der Waals surface area contributed by atoms with E-state index in [1.807, 2.05) is 25.1 Å². The summed E-state index contributed by atoms with van der Waals surface area (Å²) in [5.74, 6) is -2.00. The standard InChI is InChI=1S/C34H32O10/c1-21-5-7-23(24(17-21)19-41-39)20-42-44-28-14-10-26(11-15-28)34(3,33(38)40-4)25-8-12-27(13-9-25)43-32(37)29-16-6-22(2)18-30(29)31(35)36/h5-18,39H,19-20H2,1-4H3,(H,35,36). The minimum absolute atomic E-state index is 0.0169. The third kappa shape index (κ3) is 7.12. The van der Waals surface area contributed by atoms with Crippen LogP contribution in [0.5, 0.6) is 11.5 Å². The van der Waals surface area contributed by atoms with E-state index in [2.05, 4.69) is 4.89 Å². The molecule has 0 fully saturated rings. The molecule has 0 spiro atoms. The Hall–Kier alpha value is -5.03. The number of hydrogen-bond donors (Lipinski definition) is 2. The summed E-state index contributed by atoms with van der Waals surface area (Å²) >= 11 is 0. The Morgan fingerprint density at radius 3 is 1.91 bits per heavy atom. The number of carbonyl (C=O) groups is 3. The molecule has 4 rings (SSSR count). The van der Waals surface area contributed by atoms with Gasteiger partial charge in [0.15, 0.2) is 5.75 Å². The summed E-state index contributed by atoms with van der Waals surface area (Å²) in [6, 6.07) is 23.2.